The fourth-order valence-electron chi connectivity index (χ4n) is 2.57. The molecule has 1 aliphatic carbocycles. The van der Waals surface area contributed by atoms with Gasteiger partial charge in [-0.25, -0.2) is 0 Å². The van der Waals surface area contributed by atoms with Gasteiger partial charge in [0.15, 0.2) is 6.61 Å². The van der Waals surface area contributed by atoms with Crippen LogP contribution in [0, 0.1) is 0 Å². The van der Waals surface area contributed by atoms with Crippen LogP contribution < -0.4 is 10.1 Å². The summed E-state index contributed by atoms with van der Waals surface area (Å²) in [7, 11) is 0. The predicted molar refractivity (Wildman–Crippen MR) is 77.7 cm³/mol. The SMILES string of the molecule is CCC(CC)NC(=O)COc1ccc2c(c1)CC[C@@H]2O. The summed E-state index contributed by atoms with van der Waals surface area (Å²) in [5.41, 5.74) is 2.11. The number of aliphatic hydroxyl groups excluding tert-OH is 1. The highest BCUT2D eigenvalue weighted by atomic mass is 16.5. The number of fused-ring (bicyclic) bond motifs is 1. The second kappa shape index (κ2) is 6.75. The van der Waals surface area contributed by atoms with Crippen molar-refractivity contribution in [3.05, 3.63) is 29.3 Å². The third-order valence-corrected chi connectivity index (χ3v) is 3.88. The van der Waals surface area contributed by atoms with Crippen LogP contribution in [0.15, 0.2) is 18.2 Å². The Balaban J connectivity index is 1.87. The van der Waals surface area contributed by atoms with Gasteiger partial charge in [-0.1, -0.05) is 19.9 Å². The Labute approximate surface area is 120 Å². The van der Waals surface area contributed by atoms with Crippen molar-refractivity contribution in [2.24, 2.45) is 0 Å². The smallest absolute Gasteiger partial charge is 0.258 e. The number of amides is 1. The molecule has 4 nitrogen and oxygen atoms in total. The number of aliphatic hydroxyl groups is 1. The van der Waals surface area contributed by atoms with Gasteiger partial charge in [0.2, 0.25) is 0 Å². The molecule has 0 saturated heterocycles. The second-order valence-corrected chi connectivity index (χ2v) is 5.28. The van der Waals surface area contributed by atoms with Gasteiger partial charge in [-0.3, -0.25) is 4.79 Å². The summed E-state index contributed by atoms with van der Waals surface area (Å²) in [6.45, 7) is 4.15. The zero-order valence-corrected chi connectivity index (χ0v) is 12.2. The number of nitrogens with one attached hydrogen (secondary N) is 1. The van der Waals surface area contributed by atoms with E-state index in [1.165, 1.54) is 0 Å². The molecule has 0 aromatic heterocycles. The lowest BCUT2D eigenvalue weighted by atomic mass is 10.1. The van der Waals surface area contributed by atoms with Crippen molar-refractivity contribution in [2.45, 2.75) is 51.7 Å². The van der Waals surface area contributed by atoms with E-state index in [-0.39, 0.29) is 24.7 Å². The van der Waals surface area contributed by atoms with E-state index < -0.39 is 0 Å². The number of benzene rings is 1. The molecule has 0 unspecified atom stereocenters. The van der Waals surface area contributed by atoms with E-state index in [4.69, 9.17) is 4.74 Å². The predicted octanol–water partition coefficient (Wildman–Crippen LogP) is 2.35. The van der Waals surface area contributed by atoms with Crippen molar-refractivity contribution in [3.8, 4) is 5.75 Å². The molecule has 1 aromatic carbocycles. The maximum atomic E-state index is 11.8. The van der Waals surface area contributed by atoms with Crippen LogP contribution in [0.2, 0.25) is 0 Å². The first-order valence-corrected chi connectivity index (χ1v) is 7.37. The summed E-state index contributed by atoms with van der Waals surface area (Å²) in [5.74, 6) is 0.608. The molecule has 1 aromatic rings. The quantitative estimate of drug-likeness (QED) is 0.839. The Kier molecular flexibility index (Phi) is 5.01. The molecule has 0 fully saturated rings. The van der Waals surface area contributed by atoms with Gasteiger partial charge in [0.25, 0.3) is 5.91 Å². The molecule has 1 atom stereocenters. The Bertz CT molecular complexity index is 469. The van der Waals surface area contributed by atoms with Crippen molar-refractivity contribution < 1.29 is 14.6 Å². The van der Waals surface area contributed by atoms with E-state index in [1.807, 2.05) is 18.2 Å². The first kappa shape index (κ1) is 14.9. The Morgan fingerprint density at radius 1 is 1.45 bits per heavy atom. The van der Waals surface area contributed by atoms with Gasteiger partial charge in [-0.05, 0) is 48.9 Å². The molecule has 1 aliphatic rings. The van der Waals surface area contributed by atoms with Gasteiger partial charge in [-0.2, -0.15) is 0 Å². The number of carbonyl (C=O) groups is 1. The standard InChI is InChI=1S/C16H23NO3/c1-3-12(4-2)17-16(19)10-20-13-6-7-14-11(9-13)5-8-15(14)18/h6-7,9,12,15,18H,3-5,8,10H2,1-2H3,(H,17,19)/t15-/m0/s1. The summed E-state index contributed by atoms with van der Waals surface area (Å²) in [6.07, 6.45) is 3.15. The van der Waals surface area contributed by atoms with E-state index in [9.17, 15) is 9.90 Å². The fourth-order valence-corrected chi connectivity index (χ4v) is 2.57. The zero-order valence-electron chi connectivity index (χ0n) is 12.2. The van der Waals surface area contributed by atoms with Crippen LogP contribution in [0.1, 0.15) is 50.3 Å². The van der Waals surface area contributed by atoms with Crippen LogP contribution in [0.4, 0.5) is 0 Å². The summed E-state index contributed by atoms with van der Waals surface area (Å²) >= 11 is 0. The molecule has 1 amide bonds. The minimum Gasteiger partial charge on any atom is -0.484 e. The highest BCUT2D eigenvalue weighted by Crippen LogP contribution is 2.33. The van der Waals surface area contributed by atoms with Crippen LogP contribution in [0.5, 0.6) is 5.75 Å². The highest BCUT2D eigenvalue weighted by Gasteiger charge is 2.20. The molecule has 110 valence electrons. The summed E-state index contributed by atoms with van der Waals surface area (Å²) < 4.78 is 5.52. The molecule has 0 saturated carbocycles. The van der Waals surface area contributed by atoms with E-state index in [0.29, 0.717) is 5.75 Å². The Morgan fingerprint density at radius 3 is 2.90 bits per heavy atom. The van der Waals surface area contributed by atoms with Crippen LogP contribution in [-0.4, -0.2) is 23.7 Å². The minimum atomic E-state index is -0.350. The van der Waals surface area contributed by atoms with Crippen LogP contribution in [0.3, 0.4) is 0 Å². The molecule has 20 heavy (non-hydrogen) atoms. The van der Waals surface area contributed by atoms with Gasteiger partial charge in [0.05, 0.1) is 6.10 Å². The average molecular weight is 277 g/mol. The largest absolute Gasteiger partial charge is 0.484 e. The molecule has 0 bridgehead atoms. The molecule has 0 radical (unpaired) electrons. The van der Waals surface area contributed by atoms with Crippen molar-refractivity contribution in [1.82, 2.24) is 5.32 Å². The number of hydrogen-bond donors (Lipinski definition) is 2. The lowest BCUT2D eigenvalue weighted by Crippen LogP contribution is -2.37. The normalized spacial score (nSPS) is 17.1. The lowest BCUT2D eigenvalue weighted by molar-refractivity contribution is -0.123. The van der Waals surface area contributed by atoms with Crippen molar-refractivity contribution in [3.63, 3.8) is 0 Å². The Morgan fingerprint density at radius 2 is 2.20 bits per heavy atom. The topological polar surface area (TPSA) is 58.6 Å². The lowest BCUT2D eigenvalue weighted by Gasteiger charge is -2.15. The van der Waals surface area contributed by atoms with Crippen molar-refractivity contribution in [2.75, 3.05) is 6.61 Å². The number of hydrogen-bond acceptors (Lipinski definition) is 3. The van der Waals surface area contributed by atoms with E-state index in [2.05, 4.69) is 19.2 Å². The summed E-state index contributed by atoms with van der Waals surface area (Å²) in [5, 5.41) is 12.7. The van der Waals surface area contributed by atoms with Gasteiger partial charge >= 0.3 is 0 Å². The van der Waals surface area contributed by atoms with E-state index >= 15 is 0 Å². The van der Waals surface area contributed by atoms with E-state index in [1.54, 1.807) is 0 Å². The second-order valence-electron chi connectivity index (χ2n) is 5.28. The first-order chi connectivity index (χ1) is 9.63. The van der Waals surface area contributed by atoms with Gasteiger partial charge < -0.3 is 15.2 Å². The third-order valence-electron chi connectivity index (χ3n) is 3.88. The highest BCUT2D eigenvalue weighted by molar-refractivity contribution is 5.77. The maximum Gasteiger partial charge on any atom is 0.258 e. The molecular weight excluding hydrogens is 254 g/mol. The van der Waals surface area contributed by atoms with Crippen LogP contribution in [0.25, 0.3) is 0 Å². The van der Waals surface area contributed by atoms with Gasteiger partial charge in [0, 0.05) is 6.04 Å². The third kappa shape index (κ3) is 3.51. The molecule has 0 spiro atoms. The maximum absolute atomic E-state index is 11.8. The van der Waals surface area contributed by atoms with Crippen molar-refractivity contribution in [1.29, 1.82) is 0 Å². The van der Waals surface area contributed by atoms with Crippen LogP contribution in [-0.2, 0) is 11.2 Å². The molecule has 4 heteroatoms. The average Bonchev–Trinajstić information content (AvgIpc) is 2.83. The van der Waals surface area contributed by atoms with Crippen molar-refractivity contribution >= 4 is 5.91 Å². The first-order valence-electron chi connectivity index (χ1n) is 7.37. The number of carbonyl (C=O) groups excluding carboxylic acids is 1. The molecule has 2 N–H and O–H groups in total. The van der Waals surface area contributed by atoms with E-state index in [0.717, 1.165) is 36.8 Å². The van der Waals surface area contributed by atoms with Gasteiger partial charge in [-0.15, -0.1) is 0 Å². The number of rotatable bonds is 6. The molecule has 0 heterocycles. The zero-order chi connectivity index (χ0) is 14.5. The monoisotopic (exact) mass is 277 g/mol. The molecule has 2 rings (SSSR count). The summed E-state index contributed by atoms with van der Waals surface area (Å²) in [6, 6.07) is 5.86. The minimum absolute atomic E-state index is 0.0395. The molecular formula is C16H23NO3. The molecule has 0 aliphatic heterocycles. The fraction of sp³-hybridized carbons (Fsp3) is 0.562. The van der Waals surface area contributed by atoms with Crippen LogP contribution >= 0.6 is 0 Å². The number of aryl methyl sites for hydroxylation is 1. The Hall–Kier alpha value is -1.55. The summed E-state index contributed by atoms with van der Waals surface area (Å²) in [4.78, 5) is 11.8. The van der Waals surface area contributed by atoms with Gasteiger partial charge in [0.1, 0.15) is 5.75 Å². The number of ether oxygens (including phenoxy) is 1.